The average Bonchev–Trinajstić information content (AvgIpc) is 2.47. The quantitative estimate of drug-likeness (QED) is 0.630. The van der Waals surface area contributed by atoms with Crippen molar-refractivity contribution in [2.24, 2.45) is 0 Å². The first-order valence-corrected chi connectivity index (χ1v) is 7.18. The second-order valence-electron chi connectivity index (χ2n) is 5.37. The number of carbonyl (C=O) groups is 1. The van der Waals surface area contributed by atoms with E-state index < -0.39 is 4.92 Å². The zero-order valence-electron chi connectivity index (χ0n) is 12.4. The van der Waals surface area contributed by atoms with Crippen molar-refractivity contribution in [3.63, 3.8) is 0 Å². The summed E-state index contributed by atoms with van der Waals surface area (Å²) in [6.45, 7) is 1.41. The number of hydrogen-bond acceptors (Lipinski definition) is 4. The first kappa shape index (κ1) is 15.3. The summed E-state index contributed by atoms with van der Waals surface area (Å²) in [5, 5.41) is 11.2. The molecule has 114 valence electrons. The summed E-state index contributed by atoms with van der Waals surface area (Å²) in [5.41, 5.74) is 0.399. The van der Waals surface area contributed by atoms with Gasteiger partial charge in [0.2, 0.25) is 5.91 Å². The molecule has 1 aromatic carbocycles. The van der Waals surface area contributed by atoms with Gasteiger partial charge in [0, 0.05) is 20.0 Å². The Morgan fingerprint density at radius 1 is 1.33 bits per heavy atom. The molecule has 0 saturated heterocycles. The second-order valence-corrected chi connectivity index (χ2v) is 5.37. The third-order valence-electron chi connectivity index (χ3n) is 3.84. The van der Waals surface area contributed by atoms with Crippen molar-refractivity contribution >= 4 is 17.3 Å². The molecule has 2 rings (SSSR count). The second kappa shape index (κ2) is 6.56. The highest BCUT2D eigenvalue weighted by atomic mass is 16.6. The minimum atomic E-state index is -0.463. The van der Waals surface area contributed by atoms with Crippen LogP contribution in [0.5, 0.6) is 5.75 Å². The van der Waals surface area contributed by atoms with E-state index in [0.29, 0.717) is 5.69 Å². The molecule has 0 atom stereocenters. The van der Waals surface area contributed by atoms with Gasteiger partial charge in [0.15, 0.2) is 5.75 Å². The zero-order valence-corrected chi connectivity index (χ0v) is 12.4. The largest absolute Gasteiger partial charge is 0.484 e. The highest BCUT2D eigenvalue weighted by Crippen LogP contribution is 2.34. The Hall–Kier alpha value is -2.11. The maximum absolute atomic E-state index is 11.4. The van der Waals surface area contributed by atoms with E-state index in [4.69, 9.17) is 4.74 Å². The Morgan fingerprint density at radius 3 is 2.57 bits per heavy atom. The standard InChI is InChI=1S/C15H20N2O4/c1-11(18)16(2)12-8-9-15(14(10-12)17(19)20)21-13-6-4-3-5-7-13/h8-10,13H,3-7H2,1-2H3. The lowest BCUT2D eigenvalue weighted by molar-refractivity contribution is -0.386. The van der Waals surface area contributed by atoms with Gasteiger partial charge in [-0.1, -0.05) is 6.42 Å². The van der Waals surface area contributed by atoms with Gasteiger partial charge in [-0.25, -0.2) is 0 Å². The zero-order chi connectivity index (χ0) is 15.4. The monoisotopic (exact) mass is 292 g/mol. The molecule has 0 aromatic heterocycles. The van der Waals surface area contributed by atoms with Gasteiger partial charge in [-0.3, -0.25) is 14.9 Å². The summed E-state index contributed by atoms with van der Waals surface area (Å²) in [7, 11) is 1.59. The van der Waals surface area contributed by atoms with E-state index in [9.17, 15) is 14.9 Å². The molecule has 0 heterocycles. The molecule has 1 amide bonds. The lowest BCUT2D eigenvalue weighted by Gasteiger charge is -2.23. The van der Waals surface area contributed by atoms with Crippen molar-refractivity contribution in [2.75, 3.05) is 11.9 Å². The van der Waals surface area contributed by atoms with E-state index in [2.05, 4.69) is 0 Å². The highest BCUT2D eigenvalue weighted by Gasteiger charge is 2.22. The Morgan fingerprint density at radius 2 is 2.00 bits per heavy atom. The van der Waals surface area contributed by atoms with E-state index in [1.54, 1.807) is 19.2 Å². The minimum absolute atomic E-state index is 0.0498. The van der Waals surface area contributed by atoms with E-state index >= 15 is 0 Å². The third-order valence-corrected chi connectivity index (χ3v) is 3.84. The molecule has 0 bridgehead atoms. The van der Waals surface area contributed by atoms with Crippen LogP contribution in [0.15, 0.2) is 18.2 Å². The Bertz CT molecular complexity index is 538. The van der Waals surface area contributed by atoms with E-state index in [0.717, 1.165) is 25.7 Å². The SMILES string of the molecule is CC(=O)N(C)c1ccc(OC2CCCCC2)c([N+](=O)[O-])c1. The number of nitro groups is 1. The van der Waals surface area contributed by atoms with Gasteiger partial charge in [0.25, 0.3) is 0 Å². The number of anilines is 1. The fourth-order valence-electron chi connectivity index (χ4n) is 2.50. The fraction of sp³-hybridized carbons (Fsp3) is 0.533. The van der Waals surface area contributed by atoms with Crippen molar-refractivity contribution in [3.8, 4) is 5.75 Å². The molecule has 0 unspecified atom stereocenters. The van der Waals surface area contributed by atoms with Gasteiger partial charge in [-0.2, -0.15) is 0 Å². The van der Waals surface area contributed by atoms with Crippen LogP contribution in [0.2, 0.25) is 0 Å². The van der Waals surface area contributed by atoms with Crippen molar-refractivity contribution in [1.29, 1.82) is 0 Å². The maximum Gasteiger partial charge on any atom is 0.313 e. The normalized spacial score (nSPS) is 15.5. The summed E-state index contributed by atoms with van der Waals surface area (Å²) in [6, 6.07) is 4.65. The minimum Gasteiger partial charge on any atom is -0.484 e. The molecule has 6 heteroatoms. The number of nitrogens with zero attached hydrogens (tertiary/aromatic N) is 2. The molecule has 0 N–H and O–H groups in total. The number of rotatable bonds is 4. The predicted molar refractivity (Wildman–Crippen MR) is 79.7 cm³/mol. The first-order valence-electron chi connectivity index (χ1n) is 7.18. The van der Waals surface area contributed by atoms with Gasteiger partial charge < -0.3 is 9.64 Å². The highest BCUT2D eigenvalue weighted by molar-refractivity contribution is 5.91. The van der Waals surface area contributed by atoms with Crippen molar-refractivity contribution < 1.29 is 14.5 Å². The summed E-state index contributed by atoms with van der Waals surface area (Å²) < 4.78 is 5.80. The van der Waals surface area contributed by atoms with Gasteiger partial charge >= 0.3 is 5.69 Å². The van der Waals surface area contributed by atoms with Gasteiger partial charge in [-0.05, 0) is 37.8 Å². The summed E-state index contributed by atoms with van der Waals surface area (Å²) in [4.78, 5) is 23.5. The van der Waals surface area contributed by atoms with Crippen molar-refractivity contribution in [3.05, 3.63) is 28.3 Å². The topological polar surface area (TPSA) is 72.7 Å². The van der Waals surface area contributed by atoms with Gasteiger partial charge in [-0.15, -0.1) is 0 Å². The number of hydrogen-bond donors (Lipinski definition) is 0. The molecule has 0 radical (unpaired) electrons. The molecule has 0 spiro atoms. The third kappa shape index (κ3) is 3.71. The number of amides is 1. The van der Waals surface area contributed by atoms with Crippen LogP contribution in [0, 0.1) is 10.1 Å². The summed E-state index contributed by atoms with van der Waals surface area (Å²) in [5.74, 6) is 0.109. The maximum atomic E-state index is 11.4. The first-order chi connectivity index (χ1) is 9.99. The van der Waals surface area contributed by atoms with Crippen molar-refractivity contribution in [2.45, 2.75) is 45.1 Å². The predicted octanol–water partition coefficient (Wildman–Crippen LogP) is 3.29. The molecule has 0 aliphatic heterocycles. The van der Waals surface area contributed by atoms with Crippen LogP contribution in [0.4, 0.5) is 11.4 Å². The molecule has 1 saturated carbocycles. The Kier molecular flexibility index (Phi) is 4.77. The van der Waals surface area contributed by atoms with Crippen LogP contribution in [0.25, 0.3) is 0 Å². The fourth-order valence-corrected chi connectivity index (χ4v) is 2.50. The molecule has 1 aliphatic rings. The smallest absolute Gasteiger partial charge is 0.313 e. The Labute approximate surface area is 123 Å². The van der Waals surface area contributed by atoms with Crippen molar-refractivity contribution in [1.82, 2.24) is 0 Å². The van der Waals surface area contributed by atoms with Crippen LogP contribution >= 0.6 is 0 Å². The molecule has 1 aromatic rings. The van der Waals surface area contributed by atoms with Crippen LogP contribution in [-0.2, 0) is 4.79 Å². The van der Waals surface area contributed by atoms with Crippen LogP contribution in [0.1, 0.15) is 39.0 Å². The number of ether oxygens (including phenoxy) is 1. The summed E-state index contributed by atoms with van der Waals surface area (Å²) in [6.07, 6.45) is 5.32. The van der Waals surface area contributed by atoms with Gasteiger partial charge in [0.05, 0.1) is 16.7 Å². The Balaban J connectivity index is 2.24. The van der Waals surface area contributed by atoms with Crippen LogP contribution in [-0.4, -0.2) is 24.0 Å². The number of carbonyl (C=O) groups excluding carboxylic acids is 1. The van der Waals surface area contributed by atoms with Crippen LogP contribution < -0.4 is 9.64 Å². The summed E-state index contributed by atoms with van der Waals surface area (Å²) >= 11 is 0. The molecule has 6 nitrogen and oxygen atoms in total. The van der Waals surface area contributed by atoms with E-state index in [-0.39, 0.29) is 23.4 Å². The molecule has 21 heavy (non-hydrogen) atoms. The lowest BCUT2D eigenvalue weighted by atomic mass is 9.98. The number of benzene rings is 1. The molecular formula is C15H20N2O4. The average molecular weight is 292 g/mol. The molecular weight excluding hydrogens is 272 g/mol. The van der Waals surface area contributed by atoms with Gasteiger partial charge in [0.1, 0.15) is 0 Å². The lowest BCUT2D eigenvalue weighted by Crippen LogP contribution is -2.23. The number of nitro benzene ring substituents is 1. The van der Waals surface area contributed by atoms with E-state index in [1.165, 1.54) is 24.3 Å². The van der Waals surface area contributed by atoms with Crippen LogP contribution in [0.3, 0.4) is 0 Å². The molecule has 1 fully saturated rings. The molecule has 1 aliphatic carbocycles. The van der Waals surface area contributed by atoms with E-state index in [1.807, 2.05) is 0 Å².